The maximum atomic E-state index is 10.9. The van der Waals surface area contributed by atoms with Crippen molar-refractivity contribution in [3.8, 4) is 0 Å². The molecule has 0 amide bonds. The van der Waals surface area contributed by atoms with Crippen molar-refractivity contribution >= 4 is 5.97 Å². The summed E-state index contributed by atoms with van der Waals surface area (Å²) in [7, 11) is 2.06. The van der Waals surface area contributed by atoms with E-state index in [0.29, 0.717) is 6.04 Å². The summed E-state index contributed by atoms with van der Waals surface area (Å²) in [6, 6.07) is 0.468. The molecular formula is C11H20N2O3. The van der Waals surface area contributed by atoms with Crippen molar-refractivity contribution in [2.75, 3.05) is 33.4 Å². The predicted octanol–water partition coefficient (Wildman–Crippen LogP) is -0.0861. The third-order valence-corrected chi connectivity index (χ3v) is 3.88. The van der Waals surface area contributed by atoms with Gasteiger partial charge in [0.25, 0.3) is 0 Å². The minimum atomic E-state index is -0.708. The van der Waals surface area contributed by atoms with E-state index in [2.05, 4.69) is 17.3 Å². The van der Waals surface area contributed by atoms with E-state index in [4.69, 9.17) is 9.84 Å². The molecule has 2 rings (SSSR count). The molecule has 0 bridgehead atoms. The molecule has 2 saturated heterocycles. The molecule has 0 aromatic rings. The van der Waals surface area contributed by atoms with E-state index in [0.717, 1.165) is 39.1 Å². The minimum Gasteiger partial charge on any atom is -0.481 e. The minimum absolute atomic E-state index is 0.173. The summed E-state index contributed by atoms with van der Waals surface area (Å²) in [4.78, 5) is 13.2. The summed E-state index contributed by atoms with van der Waals surface area (Å²) in [6.45, 7) is 3.16. The van der Waals surface area contributed by atoms with Crippen molar-refractivity contribution in [2.45, 2.75) is 30.8 Å². The molecule has 0 spiro atoms. The van der Waals surface area contributed by atoms with E-state index >= 15 is 0 Å². The molecule has 0 aromatic heterocycles. The Hall–Kier alpha value is -0.650. The second-order valence-electron chi connectivity index (χ2n) is 4.85. The van der Waals surface area contributed by atoms with Crippen molar-refractivity contribution in [2.24, 2.45) is 0 Å². The lowest BCUT2D eigenvalue weighted by molar-refractivity contribution is -0.142. The number of ether oxygens (including phenoxy) is 1. The van der Waals surface area contributed by atoms with Crippen LogP contribution < -0.4 is 5.32 Å². The highest BCUT2D eigenvalue weighted by Crippen LogP contribution is 2.28. The molecule has 2 aliphatic heterocycles. The van der Waals surface area contributed by atoms with Crippen LogP contribution in [0.15, 0.2) is 0 Å². The average molecular weight is 228 g/mol. The number of hydrogen-bond donors (Lipinski definition) is 2. The summed E-state index contributed by atoms with van der Waals surface area (Å²) in [5.41, 5.74) is -0.173. The molecule has 16 heavy (non-hydrogen) atoms. The number of carboxylic acid groups (broad SMARTS) is 1. The molecule has 2 heterocycles. The first-order valence-electron chi connectivity index (χ1n) is 5.87. The largest absolute Gasteiger partial charge is 0.481 e. The highest BCUT2D eigenvalue weighted by atomic mass is 16.5. The van der Waals surface area contributed by atoms with Crippen LogP contribution >= 0.6 is 0 Å². The molecule has 2 N–H and O–H groups in total. The van der Waals surface area contributed by atoms with Gasteiger partial charge in [-0.2, -0.15) is 0 Å². The van der Waals surface area contributed by atoms with Crippen molar-refractivity contribution < 1.29 is 14.6 Å². The Balaban J connectivity index is 1.99. The van der Waals surface area contributed by atoms with Gasteiger partial charge >= 0.3 is 5.97 Å². The molecule has 0 saturated carbocycles. The van der Waals surface area contributed by atoms with Gasteiger partial charge in [-0.3, -0.25) is 9.69 Å². The first-order chi connectivity index (χ1) is 7.64. The van der Waals surface area contributed by atoms with E-state index in [1.54, 1.807) is 0 Å². The van der Waals surface area contributed by atoms with Crippen molar-refractivity contribution in [3.05, 3.63) is 0 Å². The van der Waals surface area contributed by atoms with Gasteiger partial charge in [0.1, 0.15) is 0 Å². The van der Waals surface area contributed by atoms with Gasteiger partial charge in [0, 0.05) is 32.3 Å². The summed E-state index contributed by atoms with van der Waals surface area (Å²) in [5.74, 6) is -0.708. The fraction of sp³-hybridized carbons (Fsp3) is 0.909. The van der Waals surface area contributed by atoms with Gasteiger partial charge in [0.05, 0.1) is 12.0 Å². The van der Waals surface area contributed by atoms with Crippen LogP contribution in [0.5, 0.6) is 0 Å². The van der Waals surface area contributed by atoms with Gasteiger partial charge < -0.3 is 15.2 Å². The third-order valence-electron chi connectivity index (χ3n) is 3.88. The van der Waals surface area contributed by atoms with Gasteiger partial charge in [-0.1, -0.05) is 0 Å². The molecule has 2 fully saturated rings. The third kappa shape index (κ3) is 2.21. The average Bonchev–Trinajstić information content (AvgIpc) is 2.23. The molecule has 2 aliphatic rings. The Labute approximate surface area is 95.8 Å². The van der Waals surface area contributed by atoms with Gasteiger partial charge in [-0.15, -0.1) is 0 Å². The summed E-state index contributed by atoms with van der Waals surface area (Å²) in [6.07, 6.45) is 2.25. The van der Waals surface area contributed by atoms with Crippen LogP contribution in [0.3, 0.4) is 0 Å². The summed E-state index contributed by atoms with van der Waals surface area (Å²) in [5, 5.41) is 12.2. The highest BCUT2D eigenvalue weighted by Gasteiger charge is 2.45. The standard InChI is InChI=1S/C11H20N2O3/c1-13(9-2-4-16-5-3-9)11(6-10(14)15)7-12-8-11/h9,12H,2-8H2,1H3,(H,14,15). The summed E-state index contributed by atoms with van der Waals surface area (Å²) < 4.78 is 5.34. The number of aliphatic carboxylic acids is 1. The number of hydrogen-bond acceptors (Lipinski definition) is 4. The van der Waals surface area contributed by atoms with Crippen LogP contribution in [0.4, 0.5) is 0 Å². The van der Waals surface area contributed by atoms with E-state index in [9.17, 15) is 4.79 Å². The second kappa shape index (κ2) is 4.69. The van der Waals surface area contributed by atoms with Crippen LogP contribution in [0.1, 0.15) is 19.3 Å². The van der Waals surface area contributed by atoms with Gasteiger partial charge in [-0.05, 0) is 19.9 Å². The zero-order chi connectivity index (χ0) is 11.6. The zero-order valence-corrected chi connectivity index (χ0v) is 9.74. The number of carboxylic acids is 1. The van der Waals surface area contributed by atoms with E-state index in [1.165, 1.54) is 0 Å². The monoisotopic (exact) mass is 228 g/mol. The smallest absolute Gasteiger partial charge is 0.305 e. The van der Waals surface area contributed by atoms with E-state index in [-0.39, 0.29) is 12.0 Å². The molecule has 0 atom stereocenters. The molecule has 0 radical (unpaired) electrons. The first kappa shape index (κ1) is 11.8. The molecule has 0 aliphatic carbocycles. The zero-order valence-electron chi connectivity index (χ0n) is 9.74. The molecule has 5 heteroatoms. The van der Waals surface area contributed by atoms with Crippen LogP contribution in [-0.2, 0) is 9.53 Å². The number of nitrogens with one attached hydrogen (secondary N) is 1. The number of nitrogens with zero attached hydrogens (tertiary/aromatic N) is 1. The predicted molar refractivity (Wildman–Crippen MR) is 59.5 cm³/mol. The fourth-order valence-corrected chi connectivity index (χ4v) is 2.65. The Kier molecular flexibility index (Phi) is 3.47. The van der Waals surface area contributed by atoms with Crippen molar-refractivity contribution in [1.82, 2.24) is 10.2 Å². The Morgan fingerprint density at radius 2 is 2.12 bits per heavy atom. The number of carbonyl (C=O) groups is 1. The van der Waals surface area contributed by atoms with Gasteiger partial charge in [0.2, 0.25) is 0 Å². The topological polar surface area (TPSA) is 61.8 Å². The molecule has 0 aromatic carbocycles. The van der Waals surface area contributed by atoms with Crippen molar-refractivity contribution in [1.29, 1.82) is 0 Å². The van der Waals surface area contributed by atoms with Crippen molar-refractivity contribution in [3.63, 3.8) is 0 Å². The van der Waals surface area contributed by atoms with E-state index < -0.39 is 5.97 Å². The number of rotatable bonds is 4. The maximum Gasteiger partial charge on any atom is 0.305 e. The number of likely N-dealkylation sites (N-methyl/N-ethyl adjacent to an activating group) is 1. The SMILES string of the molecule is CN(C1CCOCC1)C1(CC(=O)O)CNC1. The molecule has 92 valence electrons. The van der Waals surface area contributed by atoms with Gasteiger partial charge in [-0.25, -0.2) is 0 Å². The molecule has 0 unspecified atom stereocenters. The fourth-order valence-electron chi connectivity index (χ4n) is 2.65. The normalized spacial score (nSPS) is 25.4. The Bertz CT molecular complexity index is 260. The van der Waals surface area contributed by atoms with Crippen LogP contribution in [-0.4, -0.2) is 60.9 Å². The lowest BCUT2D eigenvalue weighted by Gasteiger charge is -2.52. The quantitative estimate of drug-likeness (QED) is 0.704. The van der Waals surface area contributed by atoms with Gasteiger partial charge in [0.15, 0.2) is 0 Å². The summed E-state index contributed by atoms with van der Waals surface area (Å²) >= 11 is 0. The maximum absolute atomic E-state index is 10.9. The molecular weight excluding hydrogens is 208 g/mol. The lowest BCUT2D eigenvalue weighted by atomic mass is 9.84. The first-order valence-corrected chi connectivity index (χ1v) is 5.87. The van der Waals surface area contributed by atoms with Crippen LogP contribution in [0, 0.1) is 0 Å². The lowest BCUT2D eigenvalue weighted by Crippen LogP contribution is -2.70. The molecule has 5 nitrogen and oxygen atoms in total. The van der Waals surface area contributed by atoms with E-state index in [1.807, 2.05) is 0 Å². The Morgan fingerprint density at radius 3 is 2.56 bits per heavy atom. The Morgan fingerprint density at radius 1 is 1.50 bits per heavy atom. The second-order valence-corrected chi connectivity index (χ2v) is 4.85. The van der Waals surface area contributed by atoms with Crippen LogP contribution in [0.25, 0.3) is 0 Å². The van der Waals surface area contributed by atoms with Crippen LogP contribution in [0.2, 0.25) is 0 Å². The highest BCUT2D eigenvalue weighted by molar-refractivity contribution is 5.68.